The van der Waals surface area contributed by atoms with Crippen LogP contribution in [0.25, 0.3) is 0 Å². The third-order valence-electron chi connectivity index (χ3n) is 2.94. The molecule has 0 nitrogen and oxygen atoms in total. The van der Waals surface area contributed by atoms with Gasteiger partial charge in [-0.15, -0.1) is 0 Å². The Morgan fingerprint density at radius 2 is 2.18 bits per heavy atom. The van der Waals surface area contributed by atoms with E-state index in [0.29, 0.717) is 0 Å². The predicted octanol–water partition coefficient (Wildman–Crippen LogP) is 3.45. The van der Waals surface area contributed by atoms with Crippen LogP contribution in [0.4, 0.5) is 0 Å². The van der Waals surface area contributed by atoms with Crippen LogP contribution in [0.2, 0.25) is 0 Å². The molecular formula is C11H16. The van der Waals surface area contributed by atoms with Gasteiger partial charge in [-0.2, -0.15) is 0 Å². The van der Waals surface area contributed by atoms with Gasteiger partial charge in [-0.3, -0.25) is 0 Å². The highest BCUT2D eigenvalue weighted by Crippen LogP contribution is 2.38. The second-order valence-corrected chi connectivity index (χ2v) is 3.77. The van der Waals surface area contributed by atoms with E-state index in [2.05, 4.69) is 19.1 Å². The zero-order valence-corrected chi connectivity index (χ0v) is 7.27. The molecule has 60 valence electrons. The third-order valence-corrected chi connectivity index (χ3v) is 2.94. The molecule has 0 spiro atoms. The van der Waals surface area contributed by atoms with Crippen molar-refractivity contribution in [2.24, 2.45) is 5.92 Å². The van der Waals surface area contributed by atoms with Crippen LogP contribution >= 0.6 is 0 Å². The third kappa shape index (κ3) is 1.55. The Morgan fingerprint density at radius 1 is 1.36 bits per heavy atom. The molecule has 0 radical (unpaired) electrons. The van der Waals surface area contributed by atoms with Gasteiger partial charge in [0, 0.05) is 0 Å². The van der Waals surface area contributed by atoms with Crippen molar-refractivity contribution < 1.29 is 0 Å². The van der Waals surface area contributed by atoms with E-state index in [0.717, 1.165) is 5.92 Å². The first-order valence-corrected chi connectivity index (χ1v) is 4.71. The molecule has 2 rings (SSSR count). The second kappa shape index (κ2) is 2.84. The van der Waals surface area contributed by atoms with Crippen molar-refractivity contribution in [3.8, 4) is 0 Å². The summed E-state index contributed by atoms with van der Waals surface area (Å²) in [4.78, 5) is 0. The fourth-order valence-electron chi connectivity index (χ4n) is 1.93. The maximum absolute atomic E-state index is 2.35. The molecule has 11 heavy (non-hydrogen) atoms. The zero-order valence-electron chi connectivity index (χ0n) is 7.27. The van der Waals surface area contributed by atoms with Gasteiger partial charge in [0.1, 0.15) is 0 Å². The van der Waals surface area contributed by atoms with Crippen LogP contribution in [0.15, 0.2) is 23.3 Å². The van der Waals surface area contributed by atoms with Crippen molar-refractivity contribution in [2.45, 2.75) is 39.0 Å². The van der Waals surface area contributed by atoms with Crippen LogP contribution in [0.3, 0.4) is 0 Å². The van der Waals surface area contributed by atoms with E-state index in [-0.39, 0.29) is 0 Å². The first-order chi connectivity index (χ1) is 5.38. The number of rotatable bonds is 1. The Bertz CT molecular complexity index is 202. The summed E-state index contributed by atoms with van der Waals surface area (Å²) in [5, 5.41) is 0. The molecule has 1 fully saturated rings. The fraction of sp³-hybridized carbons (Fsp3) is 0.636. The zero-order chi connectivity index (χ0) is 7.68. The molecule has 0 heterocycles. The Morgan fingerprint density at radius 3 is 2.73 bits per heavy atom. The minimum absolute atomic E-state index is 0.900. The quantitative estimate of drug-likeness (QED) is 0.499. The molecule has 0 bridgehead atoms. The maximum atomic E-state index is 2.35. The molecule has 0 aromatic heterocycles. The van der Waals surface area contributed by atoms with Crippen molar-refractivity contribution in [1.82, 2.24) is 0 Å². The molecular weight excluding hydrogens is 132 g/mol. The Labute approximate surface area is 69.0 Å². The van der Waals surface area contributed by atoms with E-state index in [9.17, 15) is 0 Å². The fourth-order valence-corrected chi connectivity index (χ4v) is 1.93. The van der Waals surface area contributed by atoms with Gasteiger partial charge in [0.15, 0.2) is 0 Å². The average molecular weight is 148 g/mol. The Kier molecular flexibility index (Phi) is 1.85. The molecule has 1 unspecified atom stereocenters. The largest absolute Gasteiger partial charge is 0.0885 e. The number of hydrogen-bond acceptors (Lipinski definition) is 0. The number of hydrogen-bond donors (Lipinski definition) is 0. The van der Waals surface area contributed by atoms with Gasteiger partial charge in [0.25, 0.3) is 0 Å². The minimum atomic E-state index is 0.900. The lowest BCUT2D eigenvalue weighted by Gasteiger charge is -2.18. The van der Waals surface area contributed by atoms with Crippen LogP contribution < -0.4 is 0 Å². The van der Waals surface area contributed by atoms with Crippen molar-refractivity contribution in [3.05, 3.63) is 23.3 Å². The summed E-state index contributed by atoms with van der Waals surface area (Å²) in [6.07, 6.45) is 11.5. The van der Waals surface area contributed by atoms with Gasteiger partial charge in [-0.05, 0) is 44.9 Å². The first kappa shape index (κ1) is 7.15. The molecule has 0 aliphatic heterocycles. The lowest BCUT2D eigenvalue weighted by Crippen LogP contribution is -2.03. The SMILES string of the molecule is CC(=C1CC1)C1CC=CCC1. The molecule has 2 aliphatic carbocycles. The molecule has 0 aromatic carbocycles. The van der Waals surface area contributed by atoms with Crippen molar-refractivity contribution in [2.75, 3.05) is 0 Å². The molecule has 0 aromatic rings. The molecule has 0 N–H and O–H groups in total. The highest BCUT2D eigenvalue weighted by molar-refractivity contribution is 5.26. The lowest BCUT2D eigenvalue weighted by atomic mass is 9.88. The van der Waals surface area contributed by atoms with Crippen LogP contribution in [0.1, 0.15) is 39.0 Å². The first-order valence-electron chi connectivity index (χ1n) is 4.71. The van der Waals surface area contributed by atoms with E-state index in [1.807, 2.05) is 0 Å². The smallest absolute Gasteiger partial charge is 0.0166 e. The summed E-state index contributed by atoms with van der Waals surface area (Å²) in [6, 6.07) is 0. The Hall–Kier alpha value is -0.520. The van der Waals surface area contributed by atoms with Gasteiger partial charge in [0.05, 0.1) is 0 Å². The van der Waals surface area contributed by atoms with E-state index in [4.69, 9.17) is 0 Å². The van der Waals surface area contributed by atoms with Crippen LogP contribution in [0.5, 0.6) is 0 Å². The molecule has 0 saturated heterocycles. The minimum Gasteiger partial charge on any atom is -0.0885 e. The summed E-state index contributed by atoms with van der Waals surface area (Å²) >= 11 is 0. The van der Waals surface area contributed by atoms with Crippen LogP contribution in [0, 0.1) is 5.92 Å². The highest BCUT2D eigenvalue weighted by atomic mass is 14.3. The van der Waals surface area contributed by atoms with Crippen LogP contribution in [-0.2, 0) is 0 Å². The van der Waals surface area contributed by atoms with Gasteiger partial charge in [-0.1, -0.05) is 23.3 Å². The molecule has 0 amide bonds. The summed E-state index contributed by atoms with van der Waals surface area (Å²) in [6.45, 7) is 2.34. The topological polar surface area (TPSA) is 0 Å². The lowest BCUT2D eigenvalue weighted by molar-refractivity contribution is 0.551. The average Bonchev–Trinajstić information content (AvgIpc) is 2.87. The van der Waals surface area contributed by atoms with Gasteiger partial charge >= 0.3 is 0 Å². The molecule has 1 saturated carbocycles. The highest BCUT2D eigenvalue weighted by Gasteiger charge is 2.20. The summed E-state index contributed by atoms with van der Waals surface area (Å²) in [5.74, 6) is 0.900. The van der Waals surface area contributed by atoms with Crippen molar-refractivity contribution >= 4 is 0 Å². The normalized spacial score (nSPS) is 28.8. The van der Waals surface area contributed by atoms with E-state index >= 15 is 0 Å². The predicted molar refractivity (Wildman–Crippen MR) is 48.4 cm³/mol. The summed E-state index contributed by atoms with van der Waals surface area (Å²) in [5.41, 5.74) is 3.47. The molecule has 0 heteroatoms. The van der Waals surface area contributed by atoms with Gasteiger partial charge < -0.3 is 0 Å². The standard InChI is InChI=1S/C11H16/c1-9(11-7-8-11)10-5-3-2-4-6-10/h2-3,10H,4-8H2,1H3. The summed E-state index contributed by atoms with van der Waals surface area (Å²) in [7, 11) is 0. The van der Waals surface area contributed by atoms with E-state index < -0.39 is 0 Å². The Balaban J connectivity index is 2.04. The second-order valence-electron chi connectivity index (χ2n) is 3.77. The van der Waals surface area contributed by atoms with Gasteiger partial charge in [-0.25, -0.2) is 0 Å². The maximum Gasteiger partial charge on any atom is -0.0166 e. The monoisotopic (exact) mass is 148 g/mol. The van der Waals surface area contributed by atoms with Crippen molar-refractivity contribution in [1.29, 1.82) is 0 Å². The van der Waals surface area contributed by atoms with Gasteiger partial charge in [0.2, 0.25) is 0 Å². The van der Waals surface area contributed by atoms with E-state index in [1.54, 1.807) is 11.1 Å². The number of allylic oxidation sites excluding steroid dienone is 4. The van der Waals surface area contributed by atoms with Crippen LogP contribution in [-0.4, -0.2) is 0 Å². The van der Waals surface area contributed by atoms with E-state index in [1.165, 1.54) is 32.1 Å². The van der Waals surface area contributed by atoms with Crippen molar-refractivity contribution in [3.63, 3.8) is 0 Å². The summed E-state index contributed by atoms with van der Waals surface area (Å²) < 4.78 is 0. The molecule has 1 atom stereocenters. The molecule has 2 aliphatic rings.